The van der Waals surface area contributed by atoms with Crippen molar-refractivity contribution in [2.24, 2.45) is 15.1 Å². The lowest BCUT2D eigenvalue weighted by Gasteiger charge is -2.30. The number of likely N-dealkylation sites (N-methyl/N-ethyl adjacent to an activating group) is 1. The molecule has 1 saturated carbocycles. The minimum atomic E-state index is -0.298. The van der Waals surface area contributed by atoms with Crippen LogP contribution in [-0.4, -0.2) is 55.4 Å². The van der Waals surface area contributed by atoms with Crippen molar-refractivity contribution in [1.82, 2.24) is 21.0 Å². The highest BCUT2D eigenvalue weighted by Crippen LogP contribution is 2.28. The molecule has 1 aliphatic carbocycles. The van der Waals surface area contributed by atoms with E-state index in [0.717, 1.165) is 31.8 Å². The van der Waals surface area contributed by atoms with E-state index in [1.807, 2.05) is 19.9 Å². The lowest BCUT2D eigenvalue weighted by atomic mass is 10.2. The number of para-hydroxylation sites is 1. The van der Waals surface area contributed by atoms with Gasteiger partial charge in [0.15, 0.2) is 0 Å². The molecule has 0 radical (unpaired) electrons. The number of guanidine groups is 2. The third kappa shape index (κ3) is 6.12. The zero-order valence-corrected chi connectivity index (χ0v) is 20.2. The van der Waals surface area contributed by atoms with Crippen molar-refractivity contribution in [3.05, 3.63) is 66.5 Å². The molecule has 0 bridgehead atoms. The maximum absolute atomic E-state index is 12.0. The molecule has 9 nitrogen and oxygen atoms in total. The van der Waals surface area contributed by atoms with Crippen LogP contribution in [0.15, 0.2) is 76.1 Å². The number of hydrogen-bond donors (Lipinski definition) is 3. The van der Waals surface area contributed by atoms with Gasteiger partial charge in [-0.15, -0.1) is 0 Å². The Labute approximate surface area is 201 Å². The molecule has 1 aromatic carbocycles. The van der Waals surface area contributed by atoms with Crippen molar-refractivity contribution in [3.63, 3.8) is 0 Å². The highest BCUT2D eigenvalue weighted by atomic mass is 16.2. The SMILES string of the molecule is C=CNC(=O)/C(=C/C(=C)/C=N\N1CN=C(N2CCc3ccccc32)NC1=NC1CC1)NC.CC. The van der Waals surface area contributed by atoms with Crippen LogP contribution >= 0.6 is 0 Å². The fraction of sp³-hybridized carbons (Fsp3) is 0.360. The van der Waals surface area contributed by atoms with Gasteiger partial charge < -0.3 is 15.5 Å². The van der Waals surface area contributed by atoms with Crippen LogP contribution in [0.5, 0.6) is 0 Å². The second kappa shape index (κ2) is 11.8. The van der Waals surface area contributed by atoms with Gasteiger partial charge in [-0.3, -0.25) is 10.1 Å². The second-order valence-electron chi connectivity index (χ2n) is 7.67. The molecule has 3 N–H and O–H groups in total. The Morgan fingerprint density at radius 1 is 1.29 bits per heavy atom. The highest BCUT2D eigenvalue weighted by Gasteiger charge is 2.29. The van der Waals surface area contributed by atoms with Crippen LogP contribution in [0.3, 0.4) is 0 Å². The topological polar surface area (TPSA) is 96.7 Å². The highest BCUT2D eigenvalue weighted by molar-refractivity contribution is 6.08. The zero-order chi connectivity index (χ0) is 24.5. The van der Waals surface area contributed by atoms with Crippen LogP contribution in [0.1, 0.15) is 32.3 Å². The molecule has 1 amide bonds. The molecule has 2 heterocycles. The standard InChI is InChI=1S/C23H28N8O.C2H6/c1-4-25-21(32)19(24-3)13-16(2)14-27-31-15-26-22(29-23(31)28-18-9-10-18)30-12-11-17-7-5-6-8-20(17)30;1-2/h4-8,13-14,18,24H,1-2,9-12,15H2,3H3,(H,25,32)(H,26,28,29);1-2H3/b19-13-,27-14-;. The van der Waals surface area contributed by atoms with E-state index < -0.39 is 0 Å². The number of allylic oxidation sites excluding steroid dienone is 2. The number of aliphatic imine (C=N–C) groups is 2. The molecule has 0 saturated heterocycles. The average Bonchev–Trinajstić information content (AvgIpc) is 3.58. The Bertz CT molecular complexity index is 1040. The Morgan fingerprint density at radius 3 is 2.76 bits per heavy atom. The van der Waals surface area contributed by atoms with Crippen molar-refractivity contribution >= 4 is 29.7 Å². The van der Waals surface area contributed by atoms with E-state index in [-0.39, 0.29) is 5.91 Å². The number of carbonyl (C=O) groups excluding carboxylic acids is 1. The summed E-state index contributed by atoms with van der Waals surface area (Å²) in [7, 11) is 1.67. The van der Waals surface area contributed by atoms with E-state index in [4.69, 9.17) is 9.98 Å². The van der Waals surface area contributed by atoms with Crippen molar-refractivity contribution in [1.29, 1.82) is 0 Å². The van der Waals surface area contributed by atoms with Crippen molar-refractivity contribution in [2.75, 3.05) is 25.2 Å². The van der Waals surface area contributed by atoms with Crippen molar-refractivity contribution in [3.8, 4) is 0 Å². The van der Waals surface area contributed by atoms with E-state index in [9.17, 15) is 4.79 Å². The van der Waals surface area contributed by atoms with Gasteiger partial charge in [-0.05, 0) is 48.7 Å². The number of hydrazone groups is 1. The van der Waals surface area contributed by atoms with Gasteiger partial charge in [-0.25, -0.2) is 15.0 Å². The molecule has 0 aromatic heterocycles. The zero-order valence-electron chi connectivity index (χ0n) is 20.2. The van der Waals surface area contributed by atoms with Gasteiger partial charge >= 0.3 is 0 Å². The number of nitrogens with one attached hydrogen (secondary N) is 3. The van der Waals surface area contributed by atoms with Crippen LogP contribution in [0.25, 0.3) is 0 Å². The summed E-state index contributed by atoms with van der Waals surface area (Å²) in [5.41, 5.74) is 3.42. The predicted molar refractivity (Wildman–Crippen MR) is 140 cm³/mol. The number of rotatable bonds is 7. The average molecular weight is 463 g/mol. The van der Waals surface area contributed by atoms with Gasteiger partial charge in [0.1, 0.15) is 12.4 Å². The van der Waals surface area contributed by atoms with Gasteiger partial charge in [0.05, 0.1) is 12.3 Å². The van der Waals surface area contributed by atoms with Gasteiger partial charge in [0.25, 0.3) is 5.91 Å². The maximum atomic E-state index is 12.0. The number of amides is 1. The van der Waals surface area contributed by atoms with E-state index >= 15 is 0 Å². The van der Waals surface area contributed by atoms with Gasteiger partial charge in [0.2, 0.25) is 11.9 Å². The Hall–Kier alpha value is -3.88. The summed E-state index contributed by atoms with van der Waals surface area (Å²) in [4.78, 5) is 23.7. The molecule has 2 aliphatic heterocycles. The summed E-state index contributed by atoms with van der Waals surface area (Å²) >= 11 is 0. The number of carbonyl (C=O) groups is 1. The quantitative estimate of drug-likeness (QED) is 0.329. The van der Waals surface area contributed by atoms with Crippen LogP contribution in [0.4, 0.5) is 5.69 Å². The minimum Gasteiger partial charge on any atom is -0.384 e. The molecule has 0 spiro atoms. The molecule has 0 atom stereocenters. The lowest BCUT2D eigenvalue weighted by molar-refractivity contribution is -0.116. The first-order chi connectivity index (χ1) is 16.6. The molecule has 4 rings (SSSR count). The Kier molecular flexibility index (Phi) is 8.61. The molecular weight excluding hydrogens is 428 g/mol. The minimum absolute atomic E-state index is 0.298. The summed E-state index contributed by atoms with van der Waals surface area (Å²) in [5, 5.41) is 15.0. The largest absolute Gasteiger partial charge is 0.384 e. The van der Waals surface area contributed by atoms with Gasteiger partial charge in [-0.2, -0.15) is 5.10 Å². The fourth-order valence-corrected chi connectivity index (χ4v) is 3.47. The molecule has 1 aromatic rings. The third-order valence-electron chi connectivity index (χ3n) is 5.26. The molecule has 3 aliphatic rings. The van der Waals surface area contributed by atoms with E-state index in [1.165, 1.54) is 17.5 Å². The van der Waals surface area contributed by atoms with Crippen molar-refractivity contribution < 1.29 is 4.79 Å². The summed E-state index contributed by atoms with van der Waals surface area (Å²) in [5.74, 6) is 1.17. The summed E-state index contributed by atoms with van der Waals surface area (Å²) < 4.78 is 0. The fourth-order valence-electron chi connectivity index (χ4n) is 3.47. The number of benzene rings is 1. The molecule has 1 fully saturated rings. The first kappa shape index (κ1) is 24.8. The van der Waals surface area contributed by atoms with Gasteiger partial charge in [-0.1, -0.05) is 45.2 Å². The number of nitrogens with zero attached hydrogens (tertiary/aromatic N) is 5. The molecule has 34 heavy (non-hydrogen) atoms. The number of hydrogen-bond acceptors (Lipinski definition) is 6. The van der Waals surface area contributed by atoms with Crippen LogP contribution in [0.2, 0.25) is 0 Å². The third-order valence-corrected chi connectivity index (χ3v) is 5.26. The molecular formula is C25H34N8O. The van der Waals surface area contributed by atoms with Crippen LogP contribution in [-0.2, 0) is 11.2 Å². The van der Waals surface area contributed by atoms with E-state index in [1.54, 1.807) is 24.3 Å². The molecule has 0 unspecified atom stereocenters. The molecule has 180 valence electrons. The first-order valence-corrected chi connectivity index (χ1v) is 11.7. The van der Waals surface area contributed by atoms with E-state index in [2.05, 4.69) is 57.3 Å². The van der Waals surface area contributed by atoms with E-state index in [0.29, 0.717) is 29.9 Å². The molecule has 9 heteroatoms. The summed E-state index contributed by atoms with van der Waals surface area (Å²) in [6.07, 6.45) is 7.70. The number of fused-ring (bicyclic) bond motifs is 1. The van der Waals surface area contributed by atoms with Crippen LogP contribution in [0, 0.1) is 0 Å². The first-order valence-electron chi connectivity index (χ1n) is 11.7. The number of anilines is 1. The maximum Gasteiger partial charge on any atom is 0.271 e. The predicted octanol–water partition coefficient (Wildman–Crippen LogP) is 2.72. The summed E-state index contributed by atoms with van der Waals surface area (Å²) in [6, 6.07) is 8.71. The Balaban J connectivity index is 0.00000158. The lowest BCUT2D eigenvalue weighted by Crippen LogP contribution is -2.53. The second-order valence-corrected chi connectivity index (χ2v) is 7.67. The normalized spacial score (nSPS) is 18.5. The monoisotopic (exact) mass is 462 g/mol. The smallest absolute Gasteiger partial charge is 0.271 e. The summed E-state index contributed by atoms with van der Waals surface area (Å²) in [6.45, 7) is 12.7. The van der Waals surface area contributed by atoms with Crippen molar-refractivity contribution in [2.45, 2.75) is 39.2 Å². The Morgan fingerprint density at radius 2 is 2.06 bits per heavy atom. The van der Waals surface area contributed by atoms with Gasteiger partial charge in [0, 0.05) is 19.3 Å². The van der Waals surface area contributed by atoms with Crippen LogP contribution < -0.4 is 20.9 Å².